The van der Waals surface area contributed by atoms with Gasteiger partial charge in [0.2, 0.25) is 0 Å². The summed E-state index contributed by atoms with van der Waals surface area (Å²) in [6.07, 6.45) is 2.84. The van der Waals surface area contributed by atoms with E-state index >= 15 is 0 Å². The lowest BCUT2D eigenvalue weighted by molar-refractivity contribution is 0.102. The lowest BCUT2D eigenvalue weighted by atomic mass is 10.2. The van der Waals surface area contributed by atoms with Crippen molar-refractivity contribution >= 4 is 39.1 Å². The molecule has 0 spiro atoms. The van der Waals surface area contributed by atoms with Gasteiger partial charge in [-0.1, -0.05) is 11.6 Å². The molecule has 18 heavy (non-hydrogen) atoms. The number of carbonyl (C=O) groups is 1. The first-order valence-corrected chi connectivity index (χ1v) is 6.11. The number of aromatic nitrogens is 1. The first-order valence-electron chi connectivity index (χ1n) is 4.94. The molecule has 0 saturated carbocycles. The molecule has 0 atom stereocenters. The van der Waals surface area contributed by atoms with E-state index in [-0.39, 0.29) is 5.56 Å². The zero-order valence-electron chi connectivity index (χ0n) is 8.95. The van der Waals surface area contributed by atoms with Gasteiger partial charge < -0.3 is 5.32 Å². The molecular weight excluding hydrogens is 322 g/mol. The van der Waals surface area contributed by atoms with Crippen LogP contribution in [0.2, 0.25) is 5.02 Å². The van der Waals surface area contributed by atoms with Gasteiger partial charge in [-0.3, -0.25) is 9.78 Å². The Morgan fingerprint density at radius 2 is 2.17 bits per heavy atom. The molecule has 6 heteroatoms. The number of halogens is 3. The summed E-state index contributed by atoms with van der Waals surface area (Å²) in [7, 11) is 0. The normalized spacial score (nSPS) is 10.2. The first kappa shape index (κ1) is 13.0. The maximum Gasteiger partial charge on any atom is 0.258 e. The quantitative estimate of drug-likeness (QED) is 0.908. The summed E-state index contributed by atoms with van der Waals surface area (Å²) in [5.74, 6) is -0.889. The number of nitrogens with zero attached hydrogens (tertiary/aromatic N) is 1. The van der Waals surface area contributed by atoms with Crippen LogP contribution in [0, 0.1) is 5.82 Å². The molecule has 2 rings (SSSR count). The Hall–Kier alpha value is -1.46. The van der Waals surface area contributed by atoms with E-state index in [1.54, 1.807) is 6.07 Å². The third kappa shape index (κ3) is 2.86. The zero-order chi connectivity index (χ0) is 13.1. The van der Waals surface area contributed by atoms with Crippen molar-refractivity contribution in [2.75, 3.05) is 5.32 Å². The average molecular weight is 330 g/mol. The van der Waals surface area contributed by atoms with E-state index in [4.69, 9.17) is 11.6 Å². The molecule has 0 bridgehead atoms. The van der Waals surface area contributed by atoms with E-state index in [0.717, 1.165) is 0 Å². The Balaban J connectivity index is 2.22. The second kappa shape index (κ2) is 5.46. The molecule has 2 aromatic rings. The number of pyridine rings is 1. The van der Waals surface area contributed by atoms with Crippen molar-refractivity contribution in [1.29, 1.82) is 0 Å². The van der Waals surface area contributed by atoms with Crippen molar-refractivity contribution in [2.45, 2.75) is 0 Å². The molecule has 1 aromatic heterocycles. The van der Waals surface area contributed by atoms with Crippen LogP contribution in [0.25, 0.3) is 0 Å². The van der Waals surface area contributed by atoms with E-state index in [9.17, 15) is 9.18 Å². The SMILES string of the molecule is O=C(Nc1ccc(Br)c(F)c1)c1cnccc1Cl. The van der Waals surface area contributed by atoms with Crippen molar-refractivity contribution in [1.82, 2.24) is 4.98 Å². The van der Waals surface area contributed by atoms with Gasteiger partial charge in [-0.25, -0.2) is 4.39 Å². The van der Waals surface area contributed by atoms with E-state index in [2.05, 4.69) is 26.2 Å². The minimum Gasteiger partial charge on any atom is -0.322 e. The molecule has 0 unspecified atom stereocenters. The van der Waals surface area contributed by atoms with E-state index < -0.39 is 11.7 Å². The van der Waals surface area contributed by atoms with Crippen molar-refractivity contribution < 1.29 is 9.18 Å². The average Bonchev–Trinajstić information content (AvgIpc) is 2.34. The molecule has 3 nitrogen and oxygen atoms in total. The van der Waals surface area contributed by atoms with Gasteiger partial charge in [-0.2, -0.15) is 0 Å². The van der Waals surface area contributed by atoms with Crippen LogP contribution in [0.5, 0.6) is 0 Å². The summed E-state index contributed by atoms with van der Waals surface area (Å²) in [6, 6.07) is 5.82. The van der Waals surface area contributed by atoms with Crippen molar-refractivity contribution in [3.8, 4) is 0 Å². The van der Waals surface area contributed by atoms with Crippen LogP contribution in [0.1, 0.15) is 10.4 Å². The fraction of sp³-hybridized carbons (Fsp3) is 0. The molecule has 1 amide bonds. The number of benzene rings is 1. The van der Waals surface area contributed by atoms with Gasteiger partial charge in [0, 0.05) is 18.1 Å². The molecule has 0 aliphatic carbocycles. The largest absolute Gasteiger partial charge is 0.322 e. The molecule has 0 fully saturated rings. The lowest BCUT2D eigenvalue weighted by Crippen LogP contribution is -2.12. The van der Waals surface area contributed by atoms with Gasteiger partial charge in [0.1, 0.15) is 5.82 Å². The second-order valence-electron chi connectivity index (χ2n) is 3.44. The molecule has 1 heterocycles. The molecule has 1 N–H and O–H groups in total. The van der Waals surface area contributed by atoms with Crippen LogP contribution in [0.3, 0.4) is 0 Å². The highest BCUT2D eigenvalue weighted by atomic mass is 79.9. The number of hydrogen-bond acceptors (Lipinski definition) is 2. The van der Waals surface area contributed by atoms with Gasteiger partial charge >= 0.3 is 0 Å². The Bertz CT molecular complexity index is 606. The number of nitrogens with one attached hydrogen (secondary N) is 1. The number of hydrogen-bond donors (Lipinski definition) is 1. The minimum atomic E-state index is -0.454. The summed E-state index contributed by atoms with van der Waals surface area (Å²) in [5, 5.41) is 2.83. The predicted molar refractivity (Wildman–Crippen MR) is 71.3 cm³/mol. The van der Waals surface area contributed by atoms with Gasteiger partial charge in [0.25, 0.3) is 5.91 Å². The monoisotopic (exact) mass is 328 g/mol. The molecule has 0 aliphatic rings. The van der Waals surface area contributed by atoms with Crippen LogP contribution in [-0.4, -0.2) is 10.9 Å². The topological polar surface area (TPSA) is 42.0 Å². The van der Waals surface area contributed by atoms with Crippen molar-refractivity contribution in [2.24, 2.45) is 0 Å². The van der Waals surface area contributed by atoms with Crippen LogP contribution >= 0.6 is 27.5 Å². The van der Waals surface area contributed by atoms with E-state index in [1.807, 2.05) is 0 Å². The molecule has 92 valence electrons. The second-order valence-corrected chi connectivity index (χ2v) is 4.70. The zero-order valence-corrected chi connectivity index (χ0v) is 11.3. The predicted octanol–water partition coefficient (Wildman–Crippen LogP) is 3.89. The smallest absolute Gasteiger partial charge is 0.258 e. The van der Waals surface area contributed by atoms with Crippen LogP contribution < -0.4 is 5.32 Å². The number of anilines is 1. The third-order valence-electron chi connectivity index (χ3n) is 2.19. The lowest BCUT2D eigenvalue weighted by Gasteiger charge is -2.06. The van der Waals surface area contributed by atoms with Crippen molar-refractivity contribution in [3.05, 3.63) is 57.5 Å². The molecule has 1 aromatic carbocycles. The van der Waals surface area contributed by atoms with Gasteiger partial charge in [0.05, 0.1) is 15.1 Å². The van der Waals surface area contributed by atoms with Crippen molar-refractivity contribution in [3.63, 3.8) is 0 Å². The Morgan fingerprint density at radius 1 is 1.39 bits per heavy atom. The number of amides is 1. The maximum absolute atomic E-state index is 13.3. The molecule has 0 saturated heterocycles. The van der Waals surface area contributed by atoms with E-state index in [0.29, 0.717) is 15.2 Å². The summed E-state index contributed by atoms with van der Waals surface area (Å²) >= 11 is 8.89. The fourth-order valence-electron chi connectivity index (χ4n) is 1.32. The van der Waals surface area contributed by atoms with Crippen LogP contribution in [-0.2, 0) is 0 Å². The van der Waals surface area contributed by atoms with Gasteiger partial charge in [0.15, 0.2) is 0 Å². The fourth-order valence-corrected chi connectivity index (χ4v) is 1.75. The standard InChI is InChI=1S/C12H7BrClFN2O/c13-9-2-1-7(5-11(9)15)17-12(18)8-6-16-4-3-10(8)14/h1-6H,(H,17,18). The highest BCUT2D eigenvalue weighted by Gasteiger charge is 2.11. The molecular formula is C12H7BrClFN2O. The van der Waals surface area contributed by atoms with Crippen LogP contribution in [0.4, 0.5) is 10.1 Å². The highest BCUT2D eigenvalue weighted by molar-refractivity contribution is 9.10. The maximum atomic E-state index is 13.3. The summed E-state index contributed by atoms with van der Waals surface area (Å²) < 4.78 is 13.6. The molecule has 0 aliphatic heterocycles. The van der Waals surface area contributed by atoms with Gasteiger partial charge in [-0.15, -0.1) is 0 Å². The number of carbonyl (C=O) groups excluding carboxylic acids is 1. The van der Waals surface area contributed by atoms with E-state index in [1.165, 1.54) is 30.6 Å². The summed E-state index contributed by atoms with van der Waals surface area (Å²) in [6.45, 7) is 0. The summed E-state index contributed by atoms with van der Waals surface area (Å²) in [4.78, 5) is 15.7. The Morgan fingerprint density at radius 3 is 2.83 bits per heavy atom. The third-order valence-corrected chi connectivity index (χ3v) is 3.16. The minimum absolute atomic E-state index is 0.238. The Kier molecular flexibility index (Phi) is 3.93. The number of rotatable bonds is 2. The Labute approximate surface area is 116 Å². The highest BCUT2D eigenvalue weighted by Crippen LogP contribution is 2.21. The van der Waals surface area contributed by atoms with Gasteiger partial charge in [-0.05, 0) is 40.2 Å². The first-order chi connectivity index (χ1) is 8.58. The molecule has 0 radical (unpaired) electrons. The summed E-state index contributed by atoms with van der Waals surface area (Å²) in [5.41, 5.74) is 0.586. The van der Waals surface area contributed by atoms with Crippen LogP contribution in [0.15, 0.2) is 41.1 Å².